The maximum absolute atomic E-state index is 12.4. The molecule has 0 fully saturated rings. The molecule has 0 aliphatic heterocycles. The number of methoxy groups -OCH3 is 1. The zero-order chi connectivity index (χ0) is 24.3. The molecule has 0 spiro atoms. The van der Waals surface area contributed by atoms with E-state index >= 15 is 0 Å². The van der Waals surface area contributed by atoms with Crippen molar-refractivity contribution in [2.45, 2.75) is 49.3 Å². The van der Waals surface area contributed by atoms with Crippen molar-refractivity contribution in [2.75, 3.05) is 13.7 Å². The van der Waals surface area contributed by atoms with E-state index in [2.05, 4.69) is 10.1 Å². The third-order valence-corrected chi connectivity index (χ3v) is 4.48. The molecule has 6 atom stereocenters. The predicted molar refractivity (Wildman–Crippen MR) is 108 cm³/mol. The Morgan fingerprint density at radius 1 is 1.12 bits per heavy atom. The number of aliphatic hydroxyl groups is 4. The van der Waals surface area contributed by atoms with Crippen LogP contribution in [-0.4, -0.2) is 94.8 Å². The third kappa shape index (κ3) is 8.32. The summed E-state index contributed by atoms with van der Waals surface area (Å²) in [6, 6.07) is 6.23. The van der Waals surface area contributed by atoms with Crippen molar-refractivity contribution in [3.63, 3.8) is 0 Å². The van der Waals surface area contributed by atoms with Crippen LogP contribution in [-0.2, 0) is 35.1 Å². The van der Waals surface area contributed by atoms with E-state index in [9.17, 15) is 34.5 Å². The summed E-state index contributed by atoms with van der Waals surface area (Å²) in [5.74, 6) is -2.75. The Bertz CT molecular complexity index is 760. The SMILES string of the molecule is COC(=O)C(Cc1ccccc1)NC(=O)C(N)CC(=O)O[C@@H](C=O)[C@@H](O)[C@H](O)[C@H](O)CO. The Balaban J connectivity index is 2.70. The molecule has 178 valence electrons. The topological polar surface area (TPSA) is 206 Å². The van der Waals surface area contributed by atoms with Gasteiger partial charge in [0.05, 0.1) is 26.2 Å². The van der Waals surface area contributed by atoms with Gasteiger partial charge in [-0.1, -0.05) is 30.3 Å². The average molecular weight is 456 g/mol. The first kappa shape index (κ1) is 27.1. The molecule has 1 amide bonds. The number of amides is 1. The molecule has 7 N–H and O–H groups in total. The van der Waals surface area contributed by atoms with Crippen LogP contribution in [0.2, 0.25) is 0 Å². The number of nitrogens with two attached hydrogens (primary N) is 1. The average Bonchev–Trinajstić information content (AvgIpc) is 2.80. The lowest BCUT2D eigenvalue weighted by Crippen LogP contribution is -2.51. The van der Waals surface area contributed by atoms with E-state index < -0.39 is 67.4 Å². The summed E-state index contributed by atoms with van der Waals surface area (Å²) in [5.41, 5.74) is 6.42. The number of ether oxygens (including phenoxy) is 2. The molecule has 0 aromatic heterocycles. The van der Waals surface area contributed by atoms with Gasteiger partial charge in [0, 0.05) is 6.42 Å². The van der Waals surface area contributed by atoms with Gasteiger partial charge in [0.25, 0.3) is 0 Å². The first-order valence-electron chi connectivity index (χ1n) is 9.62. The summed E-state index contributed by atoms with van der Waals surface area (Å²) in [4.78, 5) is 47.5. The Morgan fingerprint density at radius 3 is 2.28 bits per heavy atom. The molecule has 2 unspecified atom stereocenters. The van der Waals surface area contributed by atoms with E-state index in [1.54, 1.807) is 30.3 Å². The van der Waals surface area contributed by atoms with Crippen molar-refractivity contribution in [3.8, 4) is 0 Å². The Labute approximate surface area is 183 Å². The molecule has 1 rings (SSSR count). The van der Waals surface area contributed by atoms with Gasteiger partial charge in [-0.15, -0.1) is 0 Å². The monoisotopic (exact) mass is 456 g/mol. The Hall–Kier alpha value is -2.90. The zero-order valence-corrected chi connectivity index (χ0v) is 17.4. The van der Waals surface area contributed by atoms with Crippen LogP contribution >= 0.6 is 0 Å². The quantitative estimate of drug-likeness (QED) is 0.129. The fraction of sp³-hybridized carbons (Fsp3) is 0.500. The molecule has 0 aliphatic carbocycles. The van der Waals surface area contributed by atoms with Crippen LogP contribution in [0.3, 0.4) is 0 Å². The molecule has 32 heavy (non-hydrogen) atoms. The standard InChI is InChI=1S/C20H28N2O10/c1-31-20(30)13(7-11-5-3-2-4-6-11)22-19(29)12(21)8-16(26)32-15(10-24)18(28)17(27)14(25)9-23/h2-6,10,12-15,17-18,23,25,27-28H,7-9,21H2,1H3,(H,22,29)/t12?,13?,14-,15+,17-,18-/m1/s1. The number of esters is 2. The summed E-state index contributed by atoms with van der Waals surface area (Å²) in [6.07, 6.45) is -8.26. The highest BCUT2D eigenvalue weighted by atomic mass is 16.6. The van der Waals surface area contributed by atoms with Crippen LogP contribution < -0.4 is 11.1 Å². The number of aliphatic hydroxyl groups excluding tert-OH is 4. The first-order chi connectivity index (χ1) is 15.1. The van der Waals surface area contributed by atoms with Gasteiger partial charge in [0.15, 0.2) is 12.4 Å². The number of hydrogen-bond acceptors (Lipinski definition) is 11. The van der Waals surface area contributed by atoms with Gasteiger partial charge in [-0.25, -0.2) is 4.79 Å². The lowest BCUT2D eigenvalue weighted by molar-refractivity contribution is -0.168. The number of rotatable bonds is 13. The number of hydrogen-bond donors (Lipinski definition) is 6. The fourth-order valence-electron chi connectivity index (χ4n) is 2.64. The van der Waals surface area contributed by atoms with Crippen molar-refractivity contribution in [1.82, 2.24) is 5.32 Å². The van der Waals surface area contributed by atoms with Crippen LogP contribution in [0.1, 0.15) is 12.0 Å². The minimum atomic E-state index is -2.03. The molecular weight excluding hydrogens is 428 g/mol. The second kappa shape index (κ2) is 13.5. The molecule has 12 heteroatoms. The van der Waals surface area contributed by atoms with Gasteiger partial charge >= 0.3 is 11.9 Å². The number of benzene rings is 1. The van der Waals surface area contributed by atoms with E-state index in [4.69, 9.17) is 15.6 Å². The molecule has 0 saturated carbocycles. The van der Waals surface area contributed by atoms with E-state index in [0.29, 0.717) is 0 Å². The van der Waals surface area contributed by atoms with Crippen LogP contribution in [0.15, 0.2) is 30.3 Å². The van der Waals surface area contributed by atoms with Gasteiger partial charge in [-0.05, 0) is 5.56 Å². The molecule has 1 aromatic carbocycles. The molecule has 0 bridgehead atoms. The lowest BCUT2D eigenvalue weighted by Gasteiger charge is -2.25. The van der Waals surface area contributed by atoms with Crippen molar-refractivity contribution in [1.29, 1.82) is 0 Å². The van der Waals surface area contributed by atoms with Crippen molar-refractivity contribution >= 4 is 24.1 Å². The molecule has 0 radical (unpaired) electrons. The minimum Gasteiger partial charge on any atom is -0.467 e. The van der Waals surface area contributed by atoms with E-state index in [1.807, 2.05) is 0 Å². The smallest absolute Gasteiger partial charge is 0.328 e. The fourth-order valence-corrected chi connectivity index (χ4v) is 2.64. The molecule has 0 aliphatic rings. The molecule has 1 aromatic rings. The summed E-state index contributed by atoms with van der Waals surface area (Å²) >= 11 is 0. The maximum Gasteiger partial charge on any atom is 0.328 e. The highest BCUT2D eigenvalue weighted by Crippen LogP contribution is 2.09. The first-order valence-corrected chi connectivity index (χ1v) is 9.62. The summed E-state index contributed by atoms with van der Waals surface area (Å²) in [6.45, 7) is -0.910. The number of nitrogens with one attached hydrogen (secondary N) is 1. The molecule has 12 nitrogen and oxygen atoms in total. The third-order valence-electron chi connectivity index (χ3n) is 4.48. The molecule has 0 heterocycles. The van der Waals surface area contributed by atoms with Crippen molar-refractivity contribution in [3.05, 3.63) is 35.9 Å². The van der Waals surface area contributed by atoms with Crippen molar-refractivity contribution in [2.24, 2.45) is 5.73 Å². The van der Waals surface area contributed by atoms with Gasteiger partial charge in [-0.2, -0.15) is 0 Å². The second-order valence-electron chi connectivity index (χ2n) is 6.91. The van der Waals surface area contributed by atoms with Crippen LogP contribution in [0.4, 0.5) is 0 Å². The summed E-state index contributed by atoms with van der Waals surface area (Å²) in [7, 11) is 1.15. The second-order valence-corrected chi connectivity index (χ2v) is 6.91. The normalized spacial score (nSPS) is 16.6. The van der Waals surface area contributed by atoms with E-state index in [1.165, 1.54) is 0 Å². The van der Waals surface area contributed by atoms with Gasteiger partial charge in [0.2, 0.25) is 5.91 Å². The minimum absolute atomic E-state index is 0.00855. The number of carbonyl (C=O) groups excluding carboxylic acids is 4. The Morgan fingerprint density at radius 2 is 1.75 bits per heavy atom. The zero-order valence-electron chi connectivity index (χ0n) is 17.4. The number of carbonyl (C=O) groups is 4. The van der Waals surface area contributed by atoms with E-state index in [-0.39, 0.29) is 12.7 Å². The van der Waals surface area contributed by atoms with Gasteiger partial charge in [-0.3, -0.25) is 14.4 Å². The largest absolute Gasteiger partial charge is 0.467 e. The van der Waals surface area contributed by atoms with E-state index in [0.717, 1.165) is 12.7 Å². The van der Waals surface area contributed by atoms with Crippen LogP contribution in [0.5, 0.6) is 0 Å². The Kier molecular flexibility index (Phi) is 11.4. The number of aldehydes is 1. The van der Waals surface area contributed by atoms with Crippen LogP contribution in [0, 0.1) is 0 Å². The lowest BCUT2D eigenvalue weighted by atomic mass is 10.0. The highest BCUT2D eigenvalue weighted by molar-refractivity contribution is 5.90. The molecule has 0 saturated heterocycles. The maximum atomic E-state index is 12.4. The van der Waals surface area contributed by atoms with Crippen LogP contribution in [0.25, 0.3) is 0 Å². The van der Waals surface area contributed by atoms with Gasteiger partial charge < -0.3 is 41.0 Å². The summed E-state index contributed by atoms with van der Waals surface area (Å²) < 4.78 is 9.38. The molecular formula is C20H28N2O10. The summed E-state index contributed by atoms with van der Waals surface area (Å²) in [5, 5.41) is 39.9. The van der Waals surface area contributed by atoms with Gasteiger partial charge in [0.1, 0.15) is 24.4 Å². The van der Waals surface area contributed by atoms with Crippen molar-refractivity contribution < 1.29 is 49.1 Å². The predicted octanol–water partition coefficient (Wildman–Crippen LogP) is -3.21. The highest BCUT2D eigenvalue weighted by Gasteiger charge is 2.34.